The maximum absolute atomic E-state index is 14.1. The van der Waals surface area contributed by atoms with Gasteiger partial charge in [-0.15, -0.1) is 11.3 Å². The molecule has 11 nitrogen and oxygen atoms in total. The van der Waals surface area contributed by atoms with Gasteiger partial charge in [0, 0.05) is 23.2 Å². The quantitative estimate of drug-likeness (QED) is 0.376. The van der Waals surface area contributed by atoms with E-state index in [4.69, 9.17) is 4.74 Å². The molecule has 2 fully saturated rings. The Hall–Kier alpha value is -3.93. The number of allylic oxidation sites excluding steroid dienone is 1. The van der Waals surface area contributed by atoms with Crippen molar-refractivity contribution in [1.82, 2.24) is 20.9 Å². The molecular formula is C32H40N4O7S. The number of benzene rings is 1. The zero-order valence-corrected chi connectivity index (χ0v) is 26.1. The fraction of sp³-hybridized carbons (Fsp3) is 0.531. The Bertz CT molecular complexity index is 1450. The molecular weight excluding hydrogens is 584 g/mol. The highest BCUT2D eigenvalue weighted by molar-refractivity contribution is 7.20. The molecule has 0 unspecified atom stereocenters. The van der Waals surface area contributed by atoms with Crippen LogP contribution in [0, 0.1) is 5.92 Å². The fourth-order valence-corrected chi connectivity index (χ4v) is 6.97. The third-order valence-corrected chi connectivity index (χ3v) is 9.45. The Kier molecular flexibility index (Phi) is 9.01. The Balaban J connectivity index is 1.40. The third kappa shape index (κ3) is 7.06. The minimum absolute atomic E-state index is 0.0312. The van der Waals surface area contributed by atoms with E-state index < -0.39 is 53.1 Å². The molecule has 1 aromatic heterocycles. The van der Waals surface area contributed by atoms with Crippen LogP contribution in [0.2, 0.25) is 0 Å². The van der Waals surface area contributed by atoms with Gasteiger partial charge >= 0.3 is 12.1 Å². The monoisotopic (exact) mass is 624 g/mol. The normalized spacial score (nSPS) is 28.5. The summed E-state index contributed by atoms with van der Waals surface area (Å²) in [5, 5.41) is 19.4. The highest BCUT2D eigenvalue weighted by atomic mass is 32.1. The van der Waals surface area contributed by atoms with Crippen LogP contribution >= 0.6 is 11.3 Å². The summed E-state index contributed by atoms with van der Waals surface area (Å²) in [5.41, 5.74) is -2.21. The van der Waals surface area contributed by atoms with Crippen LogP contribution in [0.15, 0.2) is 42.5 Å². The highest BCUT2D eigenvalue weighted by Gasteiger charge is 2.61. The zero-order chi connectivity index (χ0) is 31.6. The summed E-state index contributed by atoms with van der Waals surface area (Å²) in [4.78, 5) is 68.0. The predicted molar refractivity (Wildman–Crippen MR) is 165 cm³/mol. The zero-order valence-electron chi connectivity index (χ0n) is 25.3. The van der Waals surface area contributed by atoms with Gasteiger partial charge in [-0.1, -0.05) is 43.2 Å². The van der Waals surface area contributed by atoms with Crippen molar-refractivity contribution in [2.24, 2.45) is 5.92 Å². The van der Waals surface area contributed by atoms with Gasteiger partial charge in [0.15, 0.2) is 0 Å². The number of thiophene rings is 1. The first-order valence-electron chi connectivity index (χ1n) is 15.2. The van der Waals surface area contributed by atoms with Crippen molar-refractivity contribution >= 4 is 51.2 Å². The van der Waals surface area contributed by atoms with Gasteiger partial charge in [0.05, 0.1) is 4.88 Å². The predicted octanol–water partition coefficient (Wildman–Crippen LogP) is 3.97. The second-order valence-electron chi connectivity index (χ2n) is 12.9. The first-order valence-corrected chi connectivity index (χ1v) is 16.0. The van der Waals surface area contributed by atoms with Gasteiger partial charge in [0.1, 0.15) is 23.2 Å². The van der Waals surface area contributed by atoms with Gasteiger partial charge in [-0.05, 0) is 70.4 Å². The molecule has 0 bridgehead atoms. The highest BCUT2D eigenvalue weighted by Crippen LogP contribution is 2.45. The lowest BCUT2D eigenvalue weighted by molar-refractivity contribution is -0.145. The number of ether oxygens (including phenoxy) is 1. The fourth-order valence-electron chi connectivity index (χ4n) is 6.00. The molecule has 3 aliphatic rings. The summed E-state index contributed by atoms with van der Waals surface area (Å²) in [5.74, 6) is -2.85. The summed E-state index contributed by atoms with van der Waals surface area (Å²) in [6, 6.07) is 6.90. The minimum atomic E-state index is -1.44. The van der Waals surface area contributed by atoms with Crippen molar-refractivity contribution in [3.8, 4) is 0 Å². The van der Waals surface area contributed by atoms with Crippen molar-refractivity contribution in [3.63, 3.8) is 0 Å². The third-order valence-electron chi connectivity index (χ3n) is 8.34. The lowest BCUT2D eigenvalue weighted by Crippen LogP contribution is -2.56. The van der Waals surface area contributed by atoms with Crippen LogP contribution in [-0.4, -0.2) is 75.6 Å². The number of amides is 4. The van der Waals surface area contributed by atoms with E-state index in [0.717, 1.165) is 29.3 Å². The van der Waals surface area contributed by atoms with Crippen LogP contribution in [0.5, 0.6) is 0 Å². The van der Waals surface area contributed by atoms with Gasteiger partial charge in [-0.3, -0.25) is 14.4 Å². The molecule has 12 heteroatoms. The second-order valence-corrected chi connectivity index (χ2v) is 14.0. The van der Waals surface area contributed by atoms with Gasteiger partial charge < -0.3 is 30.7 Å². The van der Waals surface area contributed by atoms with E-state index in [2.05, 4.69) is 16.0 Å². The Morgan fingerprint density at radius 1 is 1.11 bits per heavy atom. The molecule has 236 valence electrons. The van der Waals surface area contributed by atoms with Crippen LogP contribution in [0.1, 0.15) is 75.4 Å². The molecule has 1 saturated heterocycles. The van der Waals surface area contributed by atoms with E-state index in [-0.39, 0.29) is 31.2 Å². The number of carboxylic acids is 1. The largest absolute Gasteiger partial charge is 0.479 e. The number of nitrogens with one attached hydrogen (secondary N) is 3. The van der Waals surface area contributed by atoms with E-state index in [1.54, 1.807) is 26.8 Å². The number of hydrogen-bond acceptors (Lipinski definition) is 7. The lowest BCUT2D eigenvalue weighted by Gasteiger charge is -2.30. The number of nitrogens with zero attached hydrogens (tertiary/aromatic N) is 1. The Morgan fingerprint density at radius 3 is 2.61 bits per heavy atom. The maximum atomic E-state index is 14.1. The number of hydrogen-bond donors (Lipinski definition) is 4. The minimum Gasteiger partial charge on any atom is -0.479 e. The first-order chi connectivity index (χ1) is 20.9. The van der Waals surface area contributed by atoms with E-state index in [1.165, 1.54) is 16.2 Å². The molecule has 2 aromatic rings. The molecule has 0 radical (unpaired) electrons. The summed E-state index contributed by atoms with van der Waals surface area (Å²) in [6.45, 7) is 5.22. The van der Waals surface area contributed by atoms with Crippen LogP contribution < -0.4 is 16.0 Å². The molecule has 1 aromatic carbocycles. The smallest absolute Gasteiger partial charge is 0.408 e. The molecule has 3 heterocycles. The van der Waals surface area contributed by atoms with Crippen LogP contribution in [0.25, 0.3) is 10.1 Å². The van der Waals surface area contributed by atoms with Gasteiger partial charge in [-0.2, -0.15) is 0 Å². The molecule has 0 spiro atoms. The Labute approximate surface area is 260 Å². The Morgan fingerprint density at radius 2 is 1.89 bits per heavy atom. The molecule has 44 heavy (non-hydrogen) atoms. The average Bonchev–Trinajstić information content (AvgIpc) is 3.27. The summed E-state index contributed by atoms with van der Waals surface area (Å²) in [7, 11) is 0. The van der Waals surface area contributed by atoms with E-state index in [0.29, 0.717) is 17.7 Å². The second kappa shape index (κ2) is 12.6. The number of alkyl carbamates (subject to hydrolysis) is 1. The summed E-state index contributed by atoms with van der Waals surface area (Å²) >= 11 is 1.35. The summed E-state index contributed by atoms with van der Waals surface area (Å²) in [6.07, 6.45) is 6.80. The molecule has 1 saturated carbocycles. The van der Waals surface area contributed by atoms with E-state index in [1.807, 2.05) is 36.4 Å². The first kappa shape index (κ1) is 31.5. The van der Waals surface area contributed by atoms with Crippen LogP contribution in [-0.2, 0) is 19.1 Å². The molecule has 5 atom stereocenters. The average molecular weight is 625 g/mol. The number of carbonyl (C=O) groups excluding carboxylic acids is 4. The number of carboxylic acid groups (broad SMARTS) is 1. The van der Waals surface area contributed by atoms with E-state index >= 15 is 0 Å². The van der Waals surface area contributed by atoms with Crippen molar-refractivity contribution in [2.75, 3.05) is 6.54 Å². The van der Waals surface area contributed by atoms with Crippen LogP contribution in [0.3, 0.4) is 0 Å². The lowest BCUT2D eigenvalue weighted by atomic mass is 10.0. The van der Waals surface area contributed by atoms with Gasteiger partial charge in [0.25, 0.3) is 5.91 Å². The number of rotatable bonds is 4. The van der Waals surface area contributed by atoms with Crippen molar-refractivity contribution in [2.45, 2.75) is 95.0 Å². The molecule has 4 N–H and O–H groups in total. The maximum Gasteiger partial charge on any atom is 0.408 e. The SMILES string of the molecule is CC(C)(C)OC(=O)N[C@H]1CCCCC/C=C\[C@H]2C[C@@]2(C(=O)O)NC(=O)[C@@H]2C[C@@H](NC(=O)c3cc4ccccc4s3)CN2C1=O. The topological polar surface area (TPSA) is 154 Å². The van der Waals surface area contributed by atoms with Crippen molar-refractivity contribution < 1.29 is 33.8 Å². The van der Waals surface area contributed by atoms with E-state index in [9.17, 15) is 29.1 Å². The summed E-state index contributed by atoms with van der Waals surface area (Å²) < 4.78 is 6.39. The number of carbonyl (C=O) groups is 5. The standard InChI is InChI=1S/C32H40N4O7S/c1-31(2,3)43-30(42)34-22-13-8-6-4-5-7-12-20-17-32(20,29(40)41)35-26(37)23-16-21(18-36(23)28(22)39)33-27(38)25-15-19-11-9-10-14-24(19)44-25/h7,9-12,14-15,20-23H,4-6,8,13,16-18H2,1-3H3,(H,33,38)(H,34,42)(H,35,37)(H,40,41)/b12-7-/t20-,21+,22-,23-,32+/m0/s1. The van der Waals surface area contributed by atoms with Crippen LogP contribution in [0.4, 0.5) is 4.79 Å². The van der Waals surface area contributed by atoms with Crippen molar-refractivity contribution in [1.29, 1.82) is 0 Å². The molecule has 1 aliphatic carbocycles. The van der Waals surface area contributed by atoms with Gasteiger partial charge in [0.2, 0.25) is 11.8 Å². The molecule has 4 amide bonds. The molecule has 2 aliphatic heterocycles. The molecule has 5 rings (SSSR count). The number of aliphatic carboxylic acids is 1. The number of fused-ring (bicyclic) bond motifs is 3. The van der Waals surface area contributed by atoms with Crippen molar-refractivity contribution in [3.05, 3.63) is 47.4 Å². The van der Waals surface area contributed by atoms with Gasteiger partial charge in [-0.25, -0.2) is 9.59 Å².